The van der Waals surface area contributed by atoms with Gasteiger partial charge in [0.1, 0.15) is 0 Å². The van der Waals surface area contributed by atoms with Gasteiger partial charge < -0.3 is 0 Å². The second-order valence-corrected chi connectivity index (χ2v) is 7.76. The van der Waals surface area contributed by atoms with E-state index < -0.39 is 10.0 Å². The largest absolute Gasteiger partial charge is 0.280 e. The molecule has 0 spiro atoms. The van der Waals surface area contributed by atoms with Crippen molar-refractivity contribution < 1.29 is 8.42 Å². The van der Waals surface area contributed by atoms with Gasteiger partial charge in [-0.25, -0.2) is 8.42 Å². The summed E-state index contributed by atoms with van der Waals surface area (Å²) < 4.78 is 27.7. The molecule has 0 aliphatic heterocycles. The number of fused-ring (bicyclic) bond motifs is 1. The van der Waals surface area contributed by atoms with Crippen molar-refractivity contribution >= 4 is 33.5 Å². The van der Waals surface area contributed by atoms with E-state index >= 15 is 0 Å². The molecule has 0 radical (unpaired) electrons. The zero-order chi connectivity index (χ0) is 15.6. The van der Waals surface area contributed by atoms with E-state index in [1.807, 2.05) is 42.7 Å². The molecule has 0 saturated heterocycles. The van der Waals surface area contributed by atoms with E-state index in [4.69, 9.17) is 0 Å². The molecule has 1 N–H and O–H groups in total. The molecule has 5 heteroatoms. The zero-order valence-electron chi connectivity index (χ0n) is 12.2. The number of nitrogens with one attached hydrogen (secondary N) is 1. The number of hydrogen-bond donors (Lipinski definition) is 1. The van der Waals surface area contributed by atoms with Crippen LogP contribution in [0.3, 0.4) is 0 Å². The van der Waals surface area contributed by atoms with E-state index in [0.29, 0.717) is 17.0 Å². The summed E-state index contributed by atoms with van der Waals surface area (Å²) >= 11 is 1.63. The summed E-state index contributed by atoms with van der Waals surface area (Å²) in [6.07, 6.45) is 5.06. The van der Waals surface area contributed by atoms with Crippen LogP contribution in [0.5, 0.6) is 0 Å². The Morgan fingerprint density at radius 3 is 2.45 bits per heavy atom. The number of aryl methyl sites for hydroxylation is 1. The Hall–Kier alpha value is -1.72. The molecule has 0 unspecified atom stereocenters. The summed E-state index contributed by atoms with van der Waals surface area (Å²) in [6.45, 7) is 0. The SMILES string of the molecule is CSc1ccc(NS(=O)(=O)C2=Cc3ccccc3CC2)cc1. The van der Waals surface area contributed by atoms with Crippen LogP contribution < -0.4 is 4.72 Å². The molecule has 3 nitrogen and oxygen atoms in total. The fraction of sp³-hybridized carbons (Fsp3) is 0.176. The number of hydrogen-bond acceptors (Lipinski definition) is 3. The van der Waals surface area contributed by atoms with Gasteiger partial charge in [-0.3, -0.25) is 4.72 Å². The van der Waals surface area contributed by atoms with Crippen LogP contribution in [-0.4, -0.2) is 14.7 Å². The predicted octanol–water partition coefficient (Wildman–Crippen LogP) is 4.14. The lowest BCUT2D eigenvalue weighted by atomic mass is 9.98. The van der Waals surface area contributed by atoms with Crippen molar-refractivity contribution in [3.05, 3.63) is 64.6 Å². The van der Waals surface area contributed by atoms with Gasteiger partial charge >= 0.3 is 0 Å². The van der Waals surface area contributed by atoms with E-state index in [1.54, 1.807) is 30.0 Å². The third-order valence-electron chi connectivity index (χ3n) is 3.70. The minimum Gasteiger partial charge on any atom is -0.280 e. The number of benzene rings is 2. The van der Waals surface area contributed by atoms with Crippen molar-refractivity contribution in [2.24, 2.45) is 0 Å². The highest BCUT2D eigenvalue weighted by Crippen LogP contribution is 2.28. The van der Waals surface area contributed by atoms with Gasteiger partial charge in [-0.1, -0.05) is 24.3 Å². The van der Waals surface area contributed by atoms with Crippen molar-refractivity contribution in [2.75, 3.05) is 11.0 Å². The van der Waals surface area contributed by atoms with Gasteiger partial charge in [-0.05, 0) is 60.6 Å². The molecule has 2 aromatic rings. The molecule has 0 aromatic heterocycles. The lowest BCUT2D eigenvalue weighted by Gasteiger charge is -2.17. The molecule has 0 fully saturated rings. The molecule has 114 valence electrons. The monoisotopic (exact) mass is 331 g/mol. The summed E-state index contributed by atoms with van der Waals surface area (Å²) in [5.41, 5.74) is 2.79. The van der Waals surface area contributed by atoms with Crippen LogP contribution in [0.4, 0.5) is 5.69 Å². The van der Waals surface area contributed by atoms with Crippen molar-refractivity contribution in [1.82, 2.24) is 0 Å². The van der Waals surface area contributed by atoms with Crippen molar-refractivity contribution in [1.29, 1.82) is 0 Å². The third-order valence-corrected chi connectivity index (χ3v) is 5.96. The molecule has 2 aromatic carbocycles. The number of allylic oxidation sites excluding steroid dienone is 1. The first-order valence-corrected chi connectivity index (χ1v) is 9.75. The van der Waals surface area contributed by atoms with Gasteiger partial charge in [0, 0.05) is 10.6 Å². The zero-order valence-corrected chi connectivity index (χ0v) is 13.9. The predicted molar refractivity (Wildman–Crippen MR) is 93.5 cm³/mol. The van der Waals surface area contributed by atoms with E-state index in [1.165, 1.54) is 5.56 Å². The van der Waals surface area contributed by atoms with Crippen LogP contribution in [0.1, 0.15) is 17.5 Å². The number of thioether (sulfide) groups is 1. The van der Waals surface area contributed by atoms with E-state index in [9.17, 15) is 8.42 Å². The molecule has 0 heterocycles. The molecule has 0 saturated carbocycles. The van der Waals surface area contributed by atoms with Gasteiger partial charge in [0.05, 0.1) is 4.91 Å². The number of sulfonamides is 1. The Bertz CT molecular complexity index is 809. The maximum Gasteiger partial charge on any atom is 0.258 e. The summed E-state index contributed by atoms with van der Waals surface area (Å²) in [5, 5.41) is 0. The Balaban J connectivity index is 1.85. The summed E-state index contributed by atoms with van der Waals surface area (Å²) in [4.78, 5) is 1.55. The number of rotatable bonds is 4. The van der Waals surface area contributed by atoms with Crippen LogP contribution in [0.15, 0.2) is 58.3 Å². The standard InChI is InChI=1S/C17H17NO2S2/c1-21-16-9-7-15(8-10-16)18-22(19,20)17-11-6-13-4-2-3-5-14(13)12-17/h2-5,7-10,12,18H,6,11H2,1H3. The Kier molecular flexibility index (Phi) is 4.27. The maximum absolute atomic E-state index is 12.5. The van der Waals surface area contributed by atoms with Crippen molar-refractivity contribution in [3.8, 4) is 0 Å². The van der Waals surface area contributed by atoms with Crippen molar-refractivity contribution in [2.45, 2.75) is 17.7 Å². The molecule has 1 aliphatic carbocycles. The summed E-state index contributed by atoms with van der Waals surface area (Å²) in [7, 11) is -3.49. The second kappa shape index (κ2) is 6.18. The second-order valence-electron chi connectivity index (χ2n) is 5.14. The molecular weight excluding hydrogens is 314 g/mol. The van der Waals surface area contributed by atoms with Crippen LogP contribution in [0, 0.1) is 0 Å². The number of anilines is 1. The fourth-order valence-corrected chi connectivity index (χ4v) is 4.14. The highest BCUT2D eigenvalue weighted by Gasteiger charge is 2.21. The first kappa shape index (κ1) is 15.2. The van der Waals surface area contributed by atoms with Gasteiger partial charge in [-0.2, -0.15) is 0 Å². The van der Waals surface area contributed by atoms with Gasteiger partial charge in [0.25, 0.3) is 10.0 Å². The first-order chi connectivity index (χ1) is 10.6. The van der Waals surface area contributed by atoms with Crippen molar-refractivity contribution in [3.63, 3.8) is 0 Å². The topological polar surface area (TPSA) is 46.2 Å². The smallest absolute Gasteiger partial charge is 0.258 e. The highest BCUT2D eigenvalue weighted by atomic mass is 32.2. The van der Waals surface area contributed by atoms with Gasteiger partial charge in [0.15, 0.2) is 0 Å². The van der Waals surface area contributed by atoms with E-state index in [2.05, 4.69) is 4.72 Å². The molecule has 1 aliphatic rings. The molecular formula is C17H17NO2S2. The lowest BCUT2D eigenvalue weighted by Crippen LogP contribution is -2.17. The average Bonchev–Trinajstić information content (AvgIpc) is 2.55. The summed E-state index contributed by atoms with van der Waals surface area (Å²) in [6, 6.07) is 15.3. The Morgan fingerprint density at radius 1 is 1.00 bits per heavy atom. The molecule has 3 rings (SSSR count). The van der Waals surface area contributed by atoms with E-state index in [-0.39, 0.29) is 0 Å². The summed E-state index contributed by atoms with van der Waals surface area (Å²) in [5.74, 6) is 0. The van der Waals surface area contributed by atoms with E-state index in [0.717, 1.165) is 16.9 Å². The van der Waals surface area contributed by atoms with Crippen LogP contribution >= 0.6 is 11.8 Å². The highest BCUT2D eigenvalue weighted by molar-refractivity contribution is 7.98. The first-order valence-electron chi connectivity index (χ1n) is 7.04. The molecule has 22 heavy (non-hydrogen) atoms. The Labute approximate surface area is 135 Å². The maximum atomic E-state index is 12.5. The van der Waals surface area contributed by atoms with Gasteiger partial charge in [-0.15, -0.1) is 11.8 Å². The van der Waals surface area contributed by atoms with Crippen LogP contribution in [0.25, 0.3) is 6.08 Å². The minimum atomic E-state index is -3.49. The normalized spacial score (nSPS) is 14.1. The quantitative estimate of drug-likeness (QED) is 0.857. The molecule has 0 amide bonds. The Morgan fingerprint density at radius 2 is 1.73 bits per heavy atom. The van der Waals surface area contributed by atoms with Gasteiger partial charge in [0.2, 0.25) is 0 Å². The van der Waals surface area contributed by atoms with Crippen LogP contribution in [-0.2, 0) is 16.4 Å². The lowest BCUT2D eigenvalue weighted by molar-refractivity contribution is 0.605. The third kappa shape index (κ3) is 3.20. The average molecular weight is 331 g/mol. The fourth-order valence-electron chi connectivity index (χ4n) is 2.50. The van der Waals surface area contributed by atoms with Crippen LogP contribution in [0.2, 0.25) is 0 Å². The minimum absolute atomic E-state index is 0.445. The molecule has 0 bridgehead atoms. The molecule has 0 atom stereocenters.